The van der Waals surface area contributed by atoms with Crippen molar-refractivity contribution in [1.29, 1.82) is 0 Å². The number of likely N-dealkylation sites (tertiary alicyclic amines) is 1. The third-order valence-corrected chi connectivity index (χ3v) is 5.92. The van der Waals surface area contributed by atoms with Crippen LogP contribution in [0.25, 0.3) is 0 Å². The van der Waals surface area contributed by atoms with Crippen molar-refractivity contribution >= 4 is 11.8 Å². The Morgan fingerprint density at radius 2 is 1.75 bits per heavy atom. The molecule has 3 aliphatic rings. The monoisotopic (exact) mass is 397 g/mol. The van der Waals surface area contributed by atoms with Gasteiger partial charge in [0, 0.05) is 45.2 Å². The summed E-state index contributed by atoms with van der Waals surface area (Å²) in [7, 11) is 0. The number of benzene rings is 1. The number of carbonyl (C=O) groups is 2. The molecule has 0 N–H and O–H groups in total. The van der Waals surface area contributed by atoms with Gasteiger partial charge < -0.3 is 14.5 Å². The van der Waals surface area contributed by atoms with Gasteiger partial charge in [0.15, 0.2) is 0 Å². The predicted octanol–water partition coefficient (Wildman–Crippen LogP) is 1.46. The summed E-state index contributed by atoms with van der Waals surface area (Å²) in [5.74, 6) is -0.291. The summed E-state index contributed by atoms with van der Waals surface area (Å²) in [4.78, 5) is 30.4. The Balaban J connectivity index is 1.48. The highest BCUT2D eigenvalue weighted by atomic mass is 19.4. The zero-order valence-corrected chi connectivity index (χ0v) is 15.5. The Hall–Kier alpha value is -2.13. The summed E-state index contributed by atoms with van der Waals surface area (Å²) in [6.07, 6.45) is -4.42. The first kappa shape index (κ1) is 19.2. The number of ether oxygens (including phenoxy) is 1. The quantitative estimate of drug-likeness (QED) is 0.720. The number of hydrogen-bond acceptors (Lipinski definition) is 4. The van der Waals surface area contributed by atoms with Crippen LogP contribution < -0.4 is 0 Å². The van der Waals surface area contributed by atoms with E-state index in [-0.39, 0.29) is 29.0 Å². The van der Waals surface area contributed by atoms with Gasteiger partial charge in [0.25, 0.3) is 5.91 Å². The lowest BCUT2D eigenvalue weighted by atomic mass is 9.82. The van der Waals surface area contributed by atoms with E-state index in [2.05, 4.69) is 4.90 Å². The zero-order valence-electron chi connectivity index (χ0n) is 15.5. The van der Waals surface area contributed by atoms with E-state index in [0.29, 0.717) is 39.4 Å². The fraction of sp³-hybridized carbons (Fsp3) is 0.579. The van der Waals surface area contributed by atoms with E-state index in [1.165, 1.54) is 19.1 Å². The van der Waals surface area contributed by atoms with E-state index >= 15 is 0 Å². The van der Waals surface area contributed by atoms with Gasteiger partial charge >= 0.3 is 6.18 Å². The molecule has 152 valence electrons. The van der Waals surface area contributed by atoms with Crippen LogP contribution in [0.4, 0.5) is 13.2 Å². The molecular weight excluding hydrogens is 375 g/mol. The van der Waals surface area contributed by atoms with Crippen LogP contribution in [0.5, 0.6) is 0 Å². The molecule has 0 aromatic heterocycles. The first-order valence-corrected chi connectivity index (χ1v) is 9.26. The summed E-state index contributed by atoms with van der Waals surface area (Å²) < 4.78 is 43.7. The molecule has 9 heteroatoms. The topological polar surface area (TPSA) is 53.1 Å². The van der Waals surface area contributed by atoms with Crippen LogP contribution in [0.3, 0.4) is 0 Å². The van der Waals surface area contributed by atoms with Crippen molar-refractivity contribution in [3.63, 3.8) is 0 Å². The number of fused-ring (bicyclic) bond motifs is 2. The molecule has 1 unspecified atom stereocenters. The summed E-state index contributed by atoms with van der Waals surface area (Å²) in [5, 5.41) is 0. The van der Waals surface area contributed by atoms with Crippen molar-refractivity contribution in [1.82, 2.24) is 14.7 Å². The molecule has 3 aliphatic heterocycles. The Labute approximate surface area is 160 Å². The van der Waals surface area contributed by atoms with Gasteiger partial charge in [-0.25, -0.2) is 0 Å². The lowest BCUT2D eigenvalue weighted by Gasteiger charge is -2.63. The fourth-order valence-electron chi connectivity index (χ4n) is 4.51. The number of hydrogen-bond donors (Lipinski definition) is 0. The maximum atomic E-state index is 12.7. The molecule has 3 fully saturated rings. The van der Waals surface area contributed by atoms with Crippen LogP contribution in [-0.2, 0) is 15.7 Å². The summed E-state index contributed by atoms with van der Waals surface area (Å²) in [5.41, 5.74) is -0.842. The fourth-order valence-corrected chi connectivity index (χ4v) is 4.51. The van der Waals surface area contributed by atoms with Crippen molar-refractivity contribution in [3.05, 3.63) is 35.4 Å². The van der Waals surface area contributed by atoms with Crippen LogP contribution in [0, 0.1) is 0 Å². The molecule has 2 amide bonds. The minimum atomic E-state index is -4.42. The van der Waals surface area contributed by atoms with Gasteiger partial charge in [0.2, 0.25) is 5.91 Å². The molecule has 3 heterocycles. The van der Waals surface area contributed by atoms with Crippen molar-refractivity contribution in [2.24, 2.45) is 0 Å². The first-order chi connectivity index (χ1) is 13.2. The molecule has 0 radical (unpaired) electrons. The Kier molecular flexibility index (Phi) is 4.62. The second-order valence-corrected chi connectivity index (χ2v) is 7.78. The Bertz CT molecular complexity index is 775. The lowest BCUT2D eigenvalue weighted by Crippen LogP contribution is -2.81. The van der Waals surface area contributed by atoms with Crippen LogP contribution in [0.1, 0.15) is 22.8 Å². The van der Waals surface area contributed by atoms with Gasteiger partial charge in [-0.3, -0.25) is 14.5 Å². The molecule has 1 spiro atoms. The highest BCUT2D eigenvalue weighted by Crippen LogP contribution is 2.36. The number of morpholine rings is 1. The SMILES string of the molecule is CC(=O)N1CC2COCCN2C2(C1)CN(C(=O)c1ccc(C(F)(F)F)cc1)C2. The molecule has 0 bridgehead atoms. The smallest absolute Gasteiger partial charge is 0.378 e. The minimum absolute atomic E-state index is 0.00267. The van der Waals surface area contributed by atoms with Crippen molar-refractivity contribution < 1.29 is 27.5 Å². The number of halogens is 3. The van der Waals surface area contributed by atoms with Crippen LogP contribution in [0.15, 0.2) is 24.3 Å². The van der Waals surface area contributed by atoms with Gasteiger partial charge in [-0.15, -0.1) is 0 Å². The van der Waals surface area contributed by atoms with Crippen LogP contribution >= 0.6 is 0 Å². The molecule has 28 heavy (non-hydrogen) atoms. The highest BCUT2D eigenvalue weighted by molar-refractivity contribution is 5.95. The van der Waals surface area contributed by atoms with Crippen molar-refractivity contribution in [2.75, 3.05) is 45.9 Å². The number of alkyl halides is 3. The second-order valence-electron chi connectivity index (χ2n) is 7.78. The standard InChI is InChI=1S/C19H22F3N3O3/c1-13(26)23-8-16-9-28-7-6-25(16)18(10-23)11-24(12-18)17(27)14-2-4-15(5-3-14)19(20,21)22/h2-5,16H,6-12H2,1H3. The molecule has 1 aromatic rings. The average Bonchev–Trinajstić information content (AvgIpc) is 2.64. The van der Waals surface area contributed by atoms with Gasteiger partial charge in [0.1, 0.15) is 0 Å². The largest absolute Gasteiger partial charge is 0.416 e. The van der Waals surface area contributed by atoms with Gasteiger partial charge in [-0.2, -0.15) is 13.2 Å². The molecule has 0 aliphatic carbocycles. The predicted molar refractivity (Wildman–Crippen MR) is 93.6 cm³/mol. The second kappa shape index (κ2) is 6.73. The highest BCUT2D eigenvalue weighted by Gasteiger charge is 2.55. The minimum Gasteiger partial charge on any atom is -0.378 e. The Morgan fingerprint density at radius 1 is 1.11 bits per heavy atom. The van der Waals surface area contributed by atoms with Crippen molar-refractivity contribution in [2.45, 2.75) is 24.7 Å². The number of amides is 2. The molecule has 4 rings (SSSR count). The third-order valence-electron chi connectivity index (χ3n) is 5.92. The number of piperazine rings is 1. The normalized spacial score (nSPS) is 24.6. The molecule has 3 saturated heterocycles. The van der Waals surface area contributed by atoms with Gasteiger partial charge in [-0.1, -0.05) is 0 Å². The number of nitrogens with zero attached hydrogens (tertiary/aromatic N) is 3. The zero-order chi connectivity index (χ0) is 20.1. The first-order valence-electron chi connectivity index (χ1n) is 9.26. The van der Waals surface area contributed by atoms with E-state index in [0.717, 1.165) is 18.7 Å². The van der Waals surface area contributed by atoms with E-state index in [1.807, 2.05) is 0 Å². The number of rotatable bonds is 1. The summed E-state index contributed by atoms with van der Waals surface area (Å²) >= 11 is 0. The van der Waals surface area contributed by atoms with E-state index in [9.17, 15) is 22.8 Å². The van der Waals surface area contributed by atoms with Gasteiger partial charge in [-0.05, 0) is 24.3 Å². The molecule has 0 saturated carbocycles. The summed E-state index contributed by atoms with van der Waals surface area (Å²) in [6.45, 7) is 5.53. The summed E-state index contributed by atoms with van der Waals surface area (Å²) in [6, 6.07) is 4.40. The van der Waals surface area contributed by atoms with E-state index in [4.69, 9.17) is 4.74 Å². The van der Waals surface area contributed by atoms with Gasteiger partial charge in [0.05, 0.1) is 30.4 Å². The number of carbonyl (C=O) groups excluding carboxylic acids is 2. The van der Waals surface area contributed by atoms with Crippen molar-refractivity contribution in [3.8, 4) is 0 Å². The van der Waals surface area contributed by atoms with Crippen LogP contribution in [0.2, 0.25) is 0 Å². The molecule has 1 atom stereocenters. The maximum Gasteiger partial charge on any atom is 0.416 e. The maximum absolute atomic E-state index is 12.7. The molecule has 1 aromatic carbocycles. The molecule has 6 nitrogen and oxygen atoms in total. The van der Waals surface area contributed by atoms with E-state index < -0.39 is 11.7 Å². The van der Waals surface area contributed by atoms with Crippen LogP contribution in [-0.4, -0.2) is 84.0 Å². The Morgan fingerprint density at radius 3 is 2.36 bits per heavy atom. The lowest BCUT2D eigenvalue weighted by molar-refractivity contribution is -0.167. The van der Waals surface area contributed by atoms with E-state index in [1.54, 1.807) is 9.80 Å². The third kappa shape index (κ3) is 3.26. The average molecular weight is 397 g/mol. The molecular formula is C19H22F3N3O3.